The van der Waals surface area contributed by atoms with Gasteiger partial charge in [-0.3, -0.25) is 0 Å². The summed E-state index contributed by atoms with van der Waals surface area (Å²) >= 11 is 0. The third kappa shape index (κ3) is 3.41. The van der Waals surface area contributed by atoms with Crippen LogP contribution in [0.3, 0.4) is 0 Å². The van der Waals surface area contributed by atoms with Crippen molar-refractivity contribution in [1.29, 1.82) is 0 Å². The van der Waals surface area contributed by atoms with Gasteiger partial charge in [-0.05, 0) is 0 Å². The molecule has 0 aliphatic heterocycles. The van der Waals surface area contributed by atoms with Crippen LogP contribution in [0, 0.1) is 10.8 Å². The van der Waals surface area contributed by atoms with E-state index in [9.17, 15) is 92.2 Å². The molecule has 22 heteroatoms. The molecule has 0 unspecified atom stereocenters. The number of rotatable bonds is 3. The minimum absolute atomic E-state index is 7.88. The lowest BCUT2D eigenvalue weighted by Crippen LogP contribution is -2.86. The monoisotopic (exact) mass is 536 g/mol. The van der Waals surface area contributed by atoms with Gasteiger partial charge in [-0.15, -0.1) is 0 Å². The van der Waals surface area contributed by atoms with Crippen molar-refractivity contribution in [3.63, 3.8) is 0 Å². The molecule has 0 heterocycles. The summed E-state index contributed by atoms with van der Waals surface area (Å²) in [7, 11) is 0. The van der Waals surface area contributed by atoms with Crippen molar-refractivity contribution >= 4 is 0 Å². The molecule has 0 bridgehead atoms. The van der Waals surface area contributed by atoms with Gasteiger partial charge in [-0.25, -0.2) is 4.39 Å². The van der Waals surface area contributed by atoms with Gasteiger partial charge in [0.2, 0.25) is 0 Å². The first-order valence-electron chi connectivity index (χ1n) is 6.44. The summed E-state index contributed by atoms with van der Waals surface area (Å²) in [6.45, 7) is 0. The molecule has 0 aromatic carbocycles. The first-order valence-corrected chi connectivity index (χ1v) is 6.44. The summed E-state index contributed by atoms with van der Waals surface area (Å²) in [5.41, 5.74) is -29.7. The first-order chi connectivity index (χ1) is 13.2. The second-order valence-electron chi connectivity index (χ2n) is 5.69. The van der Waals surface area contributed by atoms with E-state index in [1.807, 2.05) is 0 Å². The molecule has 0 atom stereocenters. The lowest BCUT2D eigenvalue weighted by molar-refractivity contribution is -0.564. The second-order valence-corrected chi connectivity index (χ2v) is 5.69. The fraction of sp³-hybridized carbons (Fsp3) is 1.00. The molecular formula is C10HF21O. The standard InChI is InChI=1S/C10HF21O/c11-3(10(30,31)32,1(4(12,13)14,5(15,16)17)6(18,19)20)2(7(21,22)23,8(24,25)26)9(27,28)29/h32H. The van der Waals surface area contributed by atoms with Crippen molar-refractivity contribution < 1.29 is 97.3 Å². The number of aliphatic hydroxyl groups is 1. The molecule has 0 aromatic heterocycles. The zero-order valence-corrected chi connectivity index (χ0v) is 13.4. The third-order valence-corrected chi connectivity index (χ3v) is 4.00. The van der Waals surface area contributed by atoms with Gasteiger partial charge >= 0.3 is 43.2 Å². The Morgan fingerprint density at radius 3 is 0.469 bits per heavy atom. The fourth-order valence-electron chi connectivity index (χ4n) is 2.87. The molecule has 32 heavy (non-hydrogen) atoms. The molecule has 194 valence electrons. The minimum atomic E-state index is -10.1. The van der Waals surface area contributed by atoms with Crippen LogP contribution in [0.1, 0.15) is 0 Å². The normalized spacial score (nSPS) is 17.1. The van der Waals surface area contributed by atoms with Crippen LogP contribution in [-0.2, 0) is 0 Å². The van der Waals surface area contributed by atoms with E-state index in [2.05, 4.69) is 0 Å². The topological polar surface area (TPSA) is 20.2 Å². The average molecular weight is 536 g/mol. The van der Waals surface area contributed by atoms with Crippen molar-refractivity contribution in [3.8, 4) is 0 Å². The van der Waals surface area contributed by atoms with Gasteiger partial charge in [0.1, 0.15) is 0 Å². The molecule has 1 N–H and O–H groups in total. The van der Waals surface area contributed by atoms with Gasteiger partial charge < -0.3 is 5.11 Å². The molecule has 0 aliphatic rings. The molecular weight excluding hydrogens is 535 g/mol. The van der Waals surface area contributed by atoms with Crippen LogP contribution in [0.4, 0.5) is 92.2 Å². The molecule has 0 aliphatic carbocycles. The predicted octanol–water partition coefficient (Wildman–Crippen LogP) is 6.63. The van der Waals surface area contributed by atoms with E-state index in [0.29, 0.717) is 0 Å². The van der Waals surface area contributed by atoms with Crippen LogP contribution < -0.4 is 0 Å². The lowest BCUT2D eigenvalue weighted by Gasteiger charge is -2.56. The number of alkyl halides is 21. The maximum atomic E-state index is 14.6. The molecule has 0 fully saturated rings. The average Bonchev–Trinajstić information content (AvgIpc) is 2.25. The van der Waals surface area contributed by atoms with Crippen molar-refractivity contribution in [2.24, 2.45) is 10.8 Å². The third-order valence-electron chi connectivity index (χ3n) is 4.00. The Morgan fingerprint density at radius 2 is 0.406 bits per heavy atom. The maximum absolute atomic E-state index is 14.6. The quantitative estimate of drug-likeness (QED) is 0.402. The summed E-state index contributed by atoms with van der Waals surface area (Å²) in [5.74, 6) is 0. The predicted molar refractivity (Wildman–Crippen MR) is 52.2 cm³/mol. The highest BCUT2D eigenvalue weighted by molar-refractivity contribution is 5.27. The van der Waals surface area contributed by atoms with Crippen LogP contribution in [0.2, 0.25) is 0 Å². The Kier molecular flexibility index (Phi) is 6.67. The van der Waals surface area contributed by atoms with Gasteiger partial charge in [0.05, 0.1) is 0 Å². The van der Waals surface area contributed by atoms with Gasteiger partial charge in [0.25, 0.3) is 16.5 Å². The number of hydrogen-bond acceptors (Lipinski definition) is 1. The highest BCUT2D eigenvalue weighted by atomic mass is 19.4. The van der Waals surface area contributed by atoms with Crippen LogP contribution >= 0.6 is 0 Å². The Morgan fingerprint density at radius 1 is 0.281 bits per heavy atom. The van der Waals surface area contributed by atoms with Gasteiger partial charge in [0.15, 0.2) is 0 Å². The highest BCUT2D eigenvalue weighted by Crippen LogP contribution is 2.79. The van der Waals surface area contributed by atoms with E-state index in [-0.39, 0.29) is 0 Å². The number of halogens is 21. The summed E-state index contributed by atoms with van der Waals surface area (Å²) in [4.78, 5) is 0. The molecule has 0 saturated carbocycles. The Bertz CT molecular complexity index is 549. The molecule has 0 rings (SSSR count). The summed E-state index contributed by atoms with van der Waals surface area (Å²) < 4.78 is 272. The van der Waals surface area contributed by atoms with Gasteiger partial charge in [-0.1, -0.05) is 0 Å². The summed E-state index contributed by atoms with van der Waals surface area (Å²) in [6, 6.07) is 0. The van der Waals surface area contributed by atoms with Crippen molar-refractivity contribution in [2.75, 3.05) is 0 Å². The smallest absolute Gasteiger partial charge is 0.334 e. The summed E-state index contributed by atoms with van der Waals surface area (Å²) in [5, 5.41) is 7.88. The van der Waals surface area contributed by atoms with Crippen LogP contribution in [0.25, 0.3) is 0 Å². The van der Waals surface area contributed by atoms with Gasteiger partial charge in [-0.2, -0.15) is 87.8 Å². The van der Waals surface area contributed by atoms with E-state index in [0.717, 1.165) is 0 Å². The summed E-state index contributed by atoms with van der Waals surface area (Å²) in [6.07, 6.45) is -64.0. The van der Waals surface area contributed by atoms with Crippen LogP contribution in [0.15, 0.2) is 0 Å². The Labute approximate surface area is 158 Å². The van der Waals surface area contributed by atoms with E-state index in [4.69, 9.17) is 5.11 Å². The zero-order valence-electron chi connectivity index (χ0n) is 13.4. The van der Waals surface area contributed by atoms with Crippen molar-refractivity contribution in [1.82, 2.24) is 0 Å². The molecule has 1 nitrogen and oxygen atoms in total. The minimum Gasteiger partial charge on any atom is -0.334 e. The largest absolute Gasteiger partial charge is 0.415 e. The second kappa shape index (κ2) is 7.00. The van der Waals surface area contributed by atoms with Crippen molar-refractivity contribution in [2.45, 2.75) is 48.8 Å². The van der Waals surface area contributed by atoms with E-state index in [1.165, 1.54) is 0 Å². The van der Waals surface area contributed by atoms with Gasteiger partial charge in [0, 0.05) is 0 Å². The molecule has 0 spiro atoms. The first kappa shape index (κ1) is 30.5. The van der Waals surface area contributed by atoms with E-state index in [1.54, 1.807) is 0 Å². The van der Waals surface area contributed by atoms with E-state index < -0.39 is 59.7 Å². The molecule has 0 amide bonds. The Balaban J connectivity index is 8.94. The zero-order chi connectivity index (χ0) is 27.0. The number of hydrogen-bond donors (Lipinski definition) is 1. The molecule has 0 aromatic rings. The maximum Gasteiger partial charge on any atom is 0.415 e. The van der Waals surface area contributed by atoms with Crippen LogP contribution in [-0.4, -0.2) is 53.9 Å². The highest BCUT2D eigenvalue weighted by Gasteiger charge is 3.09. The SMILES string of the molecule is OC(F)(F)C(F)(C(C(F)(F)F)(C(F)(F)F)C(F)(F)F)C(C(F)(F)F)(C(F)(F)F)C(F)(F)F. The molecule has 0 radical (unpaired) electrons. The van der Waals surface area contributed by atoms with Crippen LogP contribution in [0.5, 0.6) is 0 Å². The lowest BCUT2D eigenvalue weighted by atomic mass is 9.55. The van der Waals surface area contributed by atoms with Crippen molar-refractivity contribution in [3.05, 3.63) is 0 Å². The molecule has 0 saturated heterocycles. The Hall–Kier alpha value is -1.51. The van der Waals surface area contributed by atoms with E-state index >= 15 is 0 Å². The fourth-order valence-corrected chi connectivity index (χ4v) is 2.87.